The van der Waals surface area contributed by atoms with Gasteiger partial charge in [-0.25, -0.2) is 0 Å². The summed E-state index contributed by atoms with van der Waals surface area (Å²) in [6.07, 6.45) is 0.886. The first-order valence-electron chi connectivity index (χ1n) is 10.1. The molecule has 0 aromatic heterocycles. The smallest absolute Gasteiger partial charge is 0.175 e. The van der Waals surface area contributed by atoms with Crippen molar-refractivity contribution in [3.05, 3.63) is 81.8 Å². The van der Waals surface area contributed by atoms with E-state index < -0.39 is 0 Å². The molecule has 0 aliphatic rings. The number of rotatable bonds is 11. The molecule has 7 heteroatoms. The Labute approximate surface area is 204 Å². The molecule has 0 saturated carbocycles. The van der Waals surface area contributed by atoms with Crippen molar-refractivity contribution >= 4 is 28.3 Å². The van der Waals surface area contributed by atoms with Crippen LogP contribution in [0.5, 0.6) is 23.0 Å². The van der Waals surface area contributed by atoms with Crippen molar-refractivity contribution in [1.29, 1.82) is 0 Å². The lowest BCUT2D eigenvalue weighted by molar-refractivity contribution is 0.282. The van der Waals surface area contributed by atoms with E-state index in [0.29, 0.717) is 18.1 Å². The molecule has 5 nitrogen and oxygen atoms in total. The molecule has 172 valence electrons. The molecule has 0 fully saturated rings. The molecule has 0 radical (unpaired) electrons. The standard InChI is InChI=1S/C25H28BrNO4.ClH/c1-28-22-10-9-18(14-23(22)29-2)11-12-27-16-20-13-21(26)25(24(15-20)30-3)31-17-19-7-5-4-6-8-19;/h4-10,13-15,27H,11-12,16-17H2,1-3H3;1H. The summed E-state index contributed by atoms with van der Waals surface area (Å²) < 4.78 is 23.1. The molecule has 3 aromatic rings. The molecule has 0 aliphatic heterocycles. The van der Waals surface area contributed by atoms with Crippen LogP contribution in [0.2, 0.25) is 0 Å². The molecule has 0 saturated heterocycles. The van der Waals surface area contributed by atoms with Crippen LogP contribution in [0.3, 0.4) is 0 Å². The number of benzene rings is 3. The number of methoxy groups -OCH3 is 3. The van der Waals surface area contributed by atoms with Crippen LogP contribution in [0, 0.1) is 0 Å². The van der Waals surface area contributed by atoms with Gasteiger partial charge < -0.3 is 24.3 Å². The average Bonchev–Trinajstić information content (AvgIpc) is 2.81. The van der Waals surface area contributed by atoms with Crippen LogP contribution in [-0.4, -0.2) is 27.9 Å². The average molecular weight is 523 g/mol. The summed E-state index contributed by atoms with van der Waals surface area (Å²) in [6, 6.07) is 20.1. The maximum Gasteiger partial charge on any atom is 0.175 e. The van der Waals surface area contributed by atoms with Gasteiger partial charge in [0, 0.05) is 6.54 Å². The van der Waals surface area contributed by atoms with E-state index in [0.717, 1.165) is 46.6 Å². The fourth-order valence-electron chi connectivity index (χ4n) is 3.25. The monoisotopic (exact) mass is 521 g/mol. The molecule has 0 bridgehead atoms. The van der Waals surface area contributed by atoms with Crippen LogP contribution in [0.15, 0.2) is 65.1 Å². The molecule has 0 unspecified atom stereocenters. The van der Waals surface area contributed by atoms with Crippen LogP contribution in [0.1, 0.15) is 16.7 Å². The highest BCUT2D eigenvalue weighted by Crippen LogP contribution is 2.37. The second-order valence-corrected chi connectivity index (χ2v) is 7.85. The Morgan fingerprint density at radius 1 is 0.750 bits per heavy atom. The third kappa shape index (κ3) is 7.05. The molecule has 0 atom stereocenters. The van der Waals surface area contributed by atoms with Crippen LogP contribution < -0.4 is 24.3 Å². The van der Waals surface area contributed by atoms with Gasteiger partial charge in [-0.05, 0) is 69.9 Å². The summed E-state index contributed by atoms with van der Waals surface area (Å²) >= 11 is 3.63. The quantitative estimate of drug-likeness (QED) is 0.322. The SMILES string of the molecule is COc1ccc(CCNCc2cc(Br)c(OCc3ccccc3)c(OC)c2)cc1OC.Cl. The first kappa shape index (κ1) is 25.8. The van der Waals surface area contributed by atoms with E-state index in [2.05, 4.69) is 33.4 Å². The fraction of sp³-hybridized carbons (Fsp3) is 0.280. The van der Waals surface area contributed by atoms with Gasteiger partial charge in [0.25, 0.3) is 0 Å². The Hall–Kier alpha value is -2.41. The van der Waals surface area contributed by atoms with Gasteiger partial charge in [-0.1, -0.05) is 36.4 Å². The Bertz CT molecular complexity index is 985. The predicted molar refractivity (Wildman–Crippen MR) is 134 cm³/mol. The summed E-state index contributed by atoms with van der Waals surface area (Å²) in [4.78, 5) is 0. The third-order valence-electron chi connectivity index (χ3n) is 4.88. The van der Waals surface area contributed by atoms with Crippen molar-refractivity contribution < 1.29 is 18.9 Å². The molecule has 0 aliphatic carbocycles. The summed E-state index contributed by atoms with van der Waals surface area (Å²) in [5, 5.41) is 3.48. The van der Waals surface area contributed by atoms with E-state index in [-0.39, 0.29) is 12.4 Å². The zero-order chi connectivity index (χ0) is 22.1. The van der Waals surface area contributed by atoms with Gasteiger partial charge in [0.2, 0.25) is 0 Å². The van der Waals surface area contributed by atoms with Gasteiger partial charge in [0.05, 0.1) is 25.8 Å². The van der Waals surface area contributed by atoms with E-state index in [1.165, 1.54) is 5.56 Å². The van der Waals surface area contributed by atoms with Crippen molar-refractivity contribution in [3.8, 4) is 23.0 Å². The normalized spacial score (nSPS) is 10.2. The number of halogens is 2. The van der Waals surface area contributed by atoms with Crippen LogP contribution in [0.25, 0.3) is 0 Å². The Morgan fingerprint density at radius 2 is 1.44 bits per heavy atom. The number of hydrogen-bond acceptors (Lipinski definition) is 5. The van der Waals surface area contributed by atoms with Gasteiger partial charge in [-0.15, -0.1) is 12.4 Å². The third-order valence-corrected chi connectivity index (χ3v) is 5.47. The summed E-state index contributed by atoms with van der Waals surface area (Å²) in [7, 11) is 4.95. The number of ether oxygens (including phenoxy) is 4. The zero-order valence-corrected chi connectivity index (χ0v) is 20.9. The maximum atomic E-state index is 6.01. The van der Waals surface area contributed by atoms with Gasteiger partial charge in [0.1, 0.15) is 6.61 Å². The molecular weight excluding hydrogens is 494 g/mol. The van der Waals surface area contributed by atoms with E-state index in [9.17, 15) is 0 Å². The van der Waals surface area contributed by atoms with Gasteiger partial charge >= 0.3 is 0 Å². The minimum absolute atomic E-state index is 0. The highest BCUT2D eigenvalue weighted by Gasteiger charge is 2.12. The second kappa shape index (κ2) is 13.2. The van der Waals surface area contributed by atoms with Gasteiger partial charge in [0.15, 0.2) is 23.0 Å². The van der Waals surface area contributed by atoms with Crippen molar-refractivity contribution in [3.63, 3.8) is 0 Å². The van der Waals surface area contributed by atoms with Crippen LogP contribution >= 0.6 is 28.3 Å². The Kier molecular flexibility index (Phi) is 10.7. The van der Waals surface area contributed by atoms with Crippen LogP contribution in [-0.2, 0) is 19.6 Å². The van der Waals surface area contributed by atoms with Crippen molar-refractivity contribution in [2.75, 3.05) is 27.9 Å². The molecule has 0 heterocycles. The molecule has 0 spiro atoms. The van der Waals surface area contributed by atoms with Gasteiger partial charge in [-0.2, -0.15) is 0 Å². The number of nitrogens with one attached hydrogen (secondary N) is 1. The van der Waals surface area contributed by atoms with E-state index in [1.54, 1.807) is 21.3 Å². The summed E-state index contributed by atoms with van der Waals surface area (Å²) in [6.45, 7) is 2.04. The van der Waals surface area contributed by atoms with E-state index in [4.69, 9.17) is 18.9 Å². The minimum Gasteiger partial charge on any atom is -0.493 e. The largest absolute Gasteiger partial charge is 0.493 e. The first-order chi connectivity index (χ1) is 15.1. The predicted octanol–water partition coefficient (Wildman–Crippen LogP) is 5.81. The lowest BCUT2D eigenvalue weighted by Crippen LogP contribution is -2.17. The van der Waals surface area contributed by atoms with E-state index in [1.807, 2.05) is 48.5 Å². The Morgan fingerprint density at radius 3 is 2.12 bits per heavy atom. The molecule has 0 amide bonds. The topological polar surface area (TPSA) is 49.0 Å². The molecule has 3 aromatic carbocycles. The lowest BCUT2D eigenvalue weighted by atomic mass is 10.1. The highest BCUT2D eigenvalue weighted by atomic mass is 79.9. The Balaban J connectivity index is 0.00000363. The second-order valence-electron chi connectivity index (χ2n) is 7.00. The molecule has 3 rings (SSSR count). The van der Waals surface area contributed by atoms with Crippen LogP contribution in [0.4, 0.5) is 0 Å². The molecular formula is C25H29BrClNO4. The zero-order valence-electron chi connectivity index (χ0n) is 18.5. The minimum atomic E-state index is 0. The molecule has 32 heavy (non-hydrogen) atoms. The summed E-state index contributed by atoms with van der Waals surface area (Å²) in [5.41, 5.74) is 3.41. The maximum absolute atomic E-state index is 6.01. The molecule has 1 N–H and O–H groups in total. The van der Waals surface area contributed by atoms with Crippen molar-refractivity contribution in [1.82, 2.24) is 5.32 Å². The van der Waals surface area contributed by atoms with Crippen molar-refractivity contribution in [2.24, 2.45) is 0 Å². The number of hydrogen-bond donors (Lipinski definition) is 1. The highest BCUT2D eigenvalue weighted by molar-refractivity contribution is 9.10. The lowest BCUT2D eigenvalue weighted by Gasteiger charge is -2.15. The summed E-state index contributed by atoms with van der Waals surface area (Å²) in [5.74, 6) is 2.91. The van der Waals surface area contributed by atoms with E-state index >= 15 is 0 Å². The van der Waals surface area contributed by atoms with Crippen molar-refractivity contribution in [2.45, 2.75) is 19.6 Å². The first-order valence-corrected chi connectivity index (χ1v) is 10.9. The fourth-order valence-corrected chi connectivity index (χ4v) is 3.85. The van der Waals surface area contributed by atoms with Gasteiger partial charge in [-0.3, -0.25) is 0 Å².